The van der Waals surface area contributed by atoms with Crippen molar-refractivity contribution < 1.29 is 14.2 Å². The highest BCUT2D eigenvalue weighted by atomic mass is 127. The molecule has 28 heavy (non-hydrogen) atoms. The summed E-state index contributed by atoms with van der Waals surface area (Å²) < 4.78 is 16.1. The van der Waals surface area contributed by atoms with Crippen molar-refractivity contribution in [3.05, 3.63) is 29.3 Å². The quantitative estimate of drug-likeness (QED) is 0.357. The fourth-order valence-corrected chi connectivity index (χ4v) is 3.69. The predicted octanol–water partition coefficient (Wildman–Crippen LogP) is 2.42. The van der Waals surface area contributed by atoms with Crippen molar-refractivity contribution in [3.63, 3.8) is 0 Å². The number of anilines is 1. The van der Waals surface area contributed by atoms with Gasteiger partial charge in [-0.15, -0.1) is 35.3 Å². The number of benzene rings is 1. The highest BCUT2D eigenvalue weighted by molar-refractivity contribution is 14.0. The molecule has 0 atom stereocenters. The van der Waals surface area contributed by atoms with Crippen molar-refractivity contribution in [2.45, 2.75) is 6.54 Å². The zero-order valence-electron chi connectivity index (χ0n) is 16.3. The lowest BCUT2D eigenvalue weighted by molar-refractivity contribution is 0.324. The fourth-order valence-electron chi connectivity index (χ4n) is 3.00. The third-order valence-corrected chi connectivity index (χ3v) is 5.27. The van der Waals surface area contributed by atoms with Gasteiger partial charge in [-0.2, -0.15) is 0 Å². The molecule has 0 radical (unpaired) electrons. The second kappa shape index (κ2) is 10.6. The van der Waals surface area contributed by atoms with Crippen LogP contribution in [0.25, 0.3) is 0 Å². The monoisotopic (exact) mass is 519 g/mol. The molecule has 8 nitrogen and oxygen atoms in total. The first-order valence-electron chi connectivity index (χ1n) is 8.64. The molecule has 0 saturated carbocycles. The fraction of sp³-hybridized carbons (Fsp3) is 0.444. The molecule has 1 aromatic carbocycles. The Morgan fingerprint density at radius 2 is 1.75 bits per heavy atom. The van der Waals surface area contributed by atoms with Crippen LogP contribution in [0.5, 0.6) is 17.2 Å². The highest BCUT2D eigenvalue weighted by Gasteiger charge is 2.20. The van der Waals surface area contributed by atoms with Gasteiger partial charge in [-0.05, 0) is 17.7 Å². The van der Waals surface area contributed by atoms with Crippen LogP contribution in [0.1, 0.15) is 5.56 Å². The van der Waals surface area contributed by atoms with Crippen molar-refractivity contribution in [3.8, 4) is 17.2 Å². The van der Waals surface area contributed by atoms with E-state index >= 15 is 0 Å². The van der Waals surface area contributed by atoms with Gasteiger partial charge in [0.25, 0.3) is 0 Å². The molecule has 0 aliphatic carbocycles. The summed E-state index contributed by atoms with van der Waals surface area (Å²) in [7, 11) is 4.78. The number of hydrogen-bond acceptors (Lipinski definition) is 7. The third-order valence-electron chi connectivity index (χ3n) is 4.44. The number of aromatic nitrogens is 1. The Bertz CT molecular complexity index is 755. The van der Waals surface area contributed by atoms with Crippen LogP contribution in [0, 0.1) is 0 Å². The van der Waals surface area contributed by atoms with Crippen LogP contribution in [0.2, 0.25) is 0 Å². The topological polar surface area (TPSA) is 85.4 Å². The molecule has 1 aromatic heterocycles. The van der Waals surface area contributed by atoms with Crippen LogP contribution >= 0.6 is 35.3 Å². The average molecular weight is 519 g/mol. The van der Waals surface area contributed by atoms with E-state index in [4.69, 9.17) is 19.9 Å². The lowest BCUT2D eigenvalue weighted by Gasteiger charge is -2.35. The number of methoxy groups -OCH3 is 3. The lowest BCUT2D eigenvalue weighted by Crippen LogP contribution is -2.51. The number of nitrogens with zero attached hydrogens (tertiary/aromatic N) is 4. The number of guanidine groups is 1. The van der Waals surface area contributed by atoms with Gasteiger partial charge < -0.3 is 29.7 Å². The van der Waals surface area contributed by atoms with Crippen molar-refractivity contribution in [1.82, 2.24) is 9.88 Å². The SMILES string of the molecule is COc1cc(CN=C(N)N2CCN(c3nccs3)CC2)cc(OC)c1OC.I. The van der Waals surface area contributed by atoms with Crippen LogP contribution < -0.4 is 24.8 Å². The van der Waals surface area contributed by atoms with Crippen LogP contribution in [0.3, 0.4) is 0 Å². The van der Waals surface area contributed by atoms with E-state index < -0.39 is 0 Å². The summed E-state index contributed by atoms with van der Waals surface area (Å²) in [4.78, 5) is 13.3. The second-order valence-corrected chi connectivity index (χ2v) is 6.87. The molecule has 0 bridgehead atoms. The molecule has 0 unspecified atom stereocenters. The van der Waals surface area contributed by atoms with Gasteiger partial charge in [0.2, 0.25) is 5.75 Å². The number of halogens is 1. The lowest BCUT2D eigenvalue weighted by atomic mass is 10.2. The number of aliphatic imine (C=N–C) groups is 1. The van der Waals surface area contributed by atoms with E-state index in [0.717, 1.165) is 36.9 Å². The molecule has 1 aliphatic rings. The van der Waals surface area contributed by atoms with Gasteiger partial charge in [0.05, 0.1) is 27.9 Å². The Labute approximate surface area is 186 Å². The first kappa shape index (κ1) is 22.3. The van der Waals surface area contributed by atoms with Gasteiger partial charge in [-0.25, -0.2) is 9.98 Å². The molecular weight excluding hydrogens is 493 g/mol. The third kappa shape index (κ3) is 5.10. The van der Waals surface area contributed by atoms with Crippen LogP contribution in [-0.2, 0) is 6.54 Å². The summed E-state index contributed by atoms with van der Waals surface area (Å²) in [5, 5.41) is 3.05. The normalized spacial score (nSPS) is 14.5. The molecule has 1 fully saturated rings. The van der Waals surface area contributed by atoms with Crippen molar-refractivity contribution in [2.75, 3.05) is 52.4 Å². The zero-order valence-corrected chi connectivity index (χ0v) is 19.4. The predicted molar refractivity (Wildman–Crippen MR) is 123 cm³/mol. The molecule has 2 N–H and O–H groups in total. The number of nitrogens with two attached hydrogens (primary N) is 1. The molecule has 2 aromatic rings. The number of thiazole rings is 1. The smallest absolute Gasteiger partial charge is 0.203 e. The molecule has 1 saturated heterocycles. The summed E-state index contributed by atoms with van der Waals surface area (Å²) >= 11 is 1.66. The first-order valence-corrected chi connectivity index (χ1v) is 9.52. The van der Waals surface area contributed by atoms with E-state index in [0.29, 0.717) is 29.8 Å². The molecule has 0 amide bonds. The van der Waals surface area contributed by atoms with E-state index in [1.807, 2.05) is 23.7 Å². The highest BCUT2D eigenvalue weighted by Crippen LogP contribution is 2.38. The van der Waals surface area contributed by atoms with Gasteiger partial charge in [-0.3, -0.25) is 0 Å². The van der Waals surface area contributed by atoms with E-state index in [-0.39, 0.29) is 24.0 Å². The molecular formula is C18H26IN5O3S. The second-order valence-electron chi connectivity index (χ2n) is 6.00. The zero-order chi connectivity index (χ0) is 19.2. The summed E-state index contributed by atoms with van der Waals surface area (Å²) in [6.45, 7) is 3.85. The maximum atomic E-state index is 6.21. The molecule has 154 valence electrons. The van der Waals surface area contributed by atoms with E-state index in [9.17, 15) is 0 Å². The average Bonchev–Trinajstić information content (AvgIpc) is 3.26. The van der Waals surface area contributed by atoms with Crippen LogP contribution in [-0.4, -0.2) is 63.4 Å². The van der Waals surface area contributed by atoms with Gasteiger partial charge in [-0.1, -0.05) is 0 Å². The summed E-state index contributed by atoms with van der Waals surface area (Å²) in [5.74, 6) is 2.33. The Balaban J connectivity index is 0.00000280. The minimum atomic E-state index is 0. The summed E-state index contributed by atoms with van der Waals surface area (Å²) in [5.41, 5.74) is 7.15. The van der Waals surface area contributed by atoms with Gasteiger partial charge in [0, 0.05) is 37.8 Å². The Morgan fingerprint density at radius 1 is 1.11 bits per heavy atom. The Hall–Kier alpha value is -1.95. The molecule has 3 rings (SSSR count). The van der Waals surface area contributed by atoms with E-state index in [2.05, 4.69) is 19.8 Å². The molecule has 0 spiro atoms. The van der Waals surface area contributed by atoms with E-state index in [1.165, 1.54) is 0 Å². The minimum Gasteiger partial charge on any atom is -0.493 e. The standard InChI is InChI=1S/C18H25N5O3S.HI/c1-24-14-10-13(11-15(25-2)16(14)26-3)12-21-17(19)22-5-7-23(8-6-22)18-20-4-9-27-18;/h4,9-11H,5-8,12H2,1-3H3,(H2,19,21);1H. The molecule has 2 heterocycles. The van der Waals surface area contributed by atoms with Crippen LogP contribution in [0.4, 0.5) is 5.13 Å². The summed E-state index contributed by atoms with van der Waals surface area (Å²) in [6.07, 6.45) is 1.83. The van der Waals surface area contributed by atoms with Gasteiger partial charge >= 0.3 is 0 Å². The first-order chi connectivity index (χ1) is 13.2. The minimum absolute atomic E-state index is 0. The molecule has 1 aliphatic heterocycles. The van der Waals surface area contributed by atoms with Crippen LogP contribution in [0.15, 0.2) is 28.7 Å². The van der Waals surface area contributed by atoms with E-state index in [1.54, 1.807) is 32.7 Å². The Kier molecular flexibility index (Phi) is 8.42. The summed E-state index contributed by atoms with van der Waals surface area (Å²) in [6, 6.07) is 3.77. The van der Waals surface area contributed by atoms with Gasteiger partial charge in [0.15, 0.2) is 22.6 Å². The maximum absolute atomic E-state index is 6.21. The van der Waals surface area contributed by atoms with Crippen molar-refractivity contribution >= 4 is 46.4 Å². The van der Waals surface area contributed by atoms with Crippen molar-refractivity contribution in [2.24, 2.45) is 10.7 Å². The molecule has 10 heteroatoms. The van der Waals surface area contributed by atoms with Gasteiger partial charge in [0.1, 0.15) is 0 Å². The number of hydrogen-bond donors (Lipinski definition) is 1. The maximum Gasteiger partial charge on any atom is 0.203 e. The largest absolute Gasteiger partial charge is 0.493 e. The number of ether oxygens (including phenoxy) is 3. The number of piperazine rings is 1. The van der Waals surface area contributed by atoms with Crippen molar-refractivity contribution in [1.29, 1.82) is 0 Å². The number of rotatable bonds is 6. The Morgan fingerprint density at radius 3 is 2.25 bits per heavy atom.